The van der Waals surface area contributed by atoms with Gasteiger partial charge in [-0.15, -0.1) is 0 Å². The fourth-order valence-corrected chi connectivity index (χ4v) is 2.85. The minimum Gasteiger partial charge on any atom is -0.465 e. The maximum atomic E-state index is 12.4. The molecule has 0 bridgehead atoms. The third-order valence-electron chi connectivity index (χ3n) is 4.32. The zero-order valence-electron chi connectivity index (χ0n) is 14.9. The van der Waals surface area contributed by atoms with Crippen molar-refractivity contribution in [3.63, 3.8) is 0 Å². The fourth-order valence-electron chi connectivity index (χ4n) is 2.85. The first-order chi connectivity index (χ1) is 13.4. The number of nitro groups is 1. The van der Waals surface area contributed by atoms with E-state index in [0.717, 1.165) is 0 Å². The lowest BCUT2D eigenvalue weighted by Crippen LogP contribution is -2.27. The second-order valence-electron chi connectivity index (χ2n) is 6.12. The van der Waals surface area contributed by atoms with Crippen molar-refractivity contribution in [2.75, 3.05) is 18.6 Å². The van der Waals surface area contributed by atoms with Crippen molar-refractivity contribution in [3.8, 4) is 5.75 Å². The van der Waals surface area contributed by atoms with Crippen molar-refractivity contribution in [3.05, 3.63) is 64.2 Å². The zero-order chi connectivity index (χ0) is 20.3. The van der Waals surface area contributed by atoms with Crippen LogP contribution in [0.15, 0.2) is 48.5 Å². The Morgan fingerprint density at radius 2 is 1.75 bits per heavy atom. The van der Waals surface area contributed by atoms with E-state index in [2.05, 4.69) is 4.74 Å². The Bertz CT molecular complexity index is 922. The van der Waals surface area contributed by atoms with Gasteiger partial charge in [0.2, 0.25) is 5.91 Å². The number of esters is 2. The number of carbonyl (C=O) groups excluding carboxylic acids is 3. The number of carbonyl (C=O) groups is 3. The van der Waals surface area contributed by atoms with Gasteiger partial charge in [0.05, 0.1) is 23.5 Å². The molecule has 1 aliphatic heterocycles. The van der Waals surface area contributed by atoms with Crippen LogP contribution < -0.4 is 9.64 Å². The molecule has 9 nitrogen and oxygen atoms in total. The third kappa shape index (κ3) is 3.98. The summed E-state index contributed by atoms with van der Waals surface area (Å²) < 4.78 is 9.89. The van der Waals surface area contributed by atoms with Gasteiger partial charge in [0.25, 0.3) is 5.69 Å². The average Bonchev–Trinajstić information content (AvgIpc) is 3.10. The van der Waals surface area contributed by atoms with Crippen molar-refractivity contribution in [2.45, 2.75) is 6.42 Å². The number of nitrogens with zero attached hydrogens (tertiary/aromatic N) is 2. The van der Waals surface area contributed by atoms with Crippen LogP contribution >= 0.6 is 0 Å². The number of benzene rings is 2. The molecule has 2 aromatic carbocycles. The number of hydrogen-bond donors (Lipinski definition) is 0. The normalized spacial score (nSPS) is 16.0. The molecule has 3 rings (SSSR count). The predicted molar refractivity (Wildman–Crippen MR) is 97.0 cm³/mol. The van der Waals surface area contributed by atoms with Gasteiger partial charge < -0.3 is 14.4 Å². The van der Waals surface area contributed by atoms with E-state index in [1.807, 2.05) is 0 Å². The van der Waals surface area contributed by atoms with Crippen LogP contribution in [0.5, 0.6) is 5.75 Å². The molecule has 0 saturated carbocycles. The SMILES string of the molecule is COC(=O)c1ccc(OC(=O)[C@@H]2CC(=O)N(c3ccc([N+](=O)[O-])cc3)C2)cc1. The van der Waals surface area contributed by atoms with Crippen LogP contribution in [0.1, 0.15) is 16.8 Å². The van der Waals surface area contributed by atoms with E-state index in [-0.39, 0.29) is 30.3 Å². The number of nitro benzene ring substituents is 1. The van der Waals surface area contributed by atoms with E-state index >= 15 is 0 Å². The Kier molecular flexibility index (Phi) is 5.35. The van der Waals surface area contributed by atoms with E-state index in [1.165, 1.54) is 60.5 Å². The number of methoxy groups -OCH3 is 1. The highest BCUT2D eigenvalue weighted by Gasteiger charge is 2.36. The van der Waals surface area contributed by atoms with Crippen LogP contribution in [0.4, 0.5) is 11.4 Å². The van der Waals surface area contributed by atoms with Crippen molar-refractivity contribution in [1.82, 2.24) is 0 Å². The lowest BCUT2D eigenvalue weighted by atomic mass is 10.1. The average molecular weight is 384 g/mol. The van der Waals surface area contributed by atoms with E-state index in [0.29, 0.717) is 11.3 Å². The predicted octanol–water partition coefficient (Wildman–Crippen LogP) is 2.34. The molecule has 0 spiro atoms. The van der Waals surface area contributed by atoms with Gasteiger partial charge in [-0.05, 0) is 36.4 Å². The number of ether oxygens (including phenoxy) is 2. The molecule has 1 saturated heterocycles. The Balaban J connectivity index is 1.65. The van der Waals surface area contributed by atoms with Gasteiger partial charge in [-0.25, -0.2) is 4.79 Å². The molecule has 1 fully saturated rings. The fraction of sp³-hybridized carbons (Fsp3) is 0.211. The number of non-ortho nitro benzene ring substituents is 1. The topological polar surface area (TPSA) is 116 Å². The molecule has 1 heterocycles. The molecule has 2 aromatic rings. The first-order valence-corrected chi connectivity index (χ1v) is 8.34. The molecule has 28 heavy (non-hydrogen) atoms. The summed E-state index contributed by atoms with van der Waals surface area (Å²) in [5.41, 5.74) is 0.720. The number of hydrogen-bond acceptors (Lipinski definition) is 7. The van der Waals surface area contributed by atoms with E-state index in [9.17, 15) is 24.5 Å². The van der Waals surface area contributed by atoms with Gasteiger partial charge >= 0.3 is 11.9 Å². The maximum absolute atomic E-state index is 12.4. The molecule has 0 N–H and O–H groups in total. The summed E-state index contributed by atoms with van der Waals surface area (Å²) in [4.78, 5) is 47.6. The Labute approximate surface area is 159 Å². The van der Waals surface area contributed by atoms with Crippen molar-refractivity contribution in [1.29, 1.82) is 0 Å². The lowest BCUT2D eigenvalue weighted by Gasteiger charge is -2.16. The summed E-state index contributed by atoms with van der Waals surface area (Å²) in [6.45, 7) is 0.121. The molecule has 0 unspecified atom stereocenters. The molecular weight excluding hydrogens is 368 g/mol. The van der Waals surface area contributed by atoms with E-state index < -0.39 is 22.8 Å². The van der Waals surface area contributed by atoms with Gasteiger partial charge in [0.15, 0.2) is 0 Å². The molecule has 0 aromatic heterocycles. The number of amides is 1. The highest BCUT2D eigenvalue weighted by Crippen LogP contribution is 2.28. The Morgan fingerprint density at radius 1 is 1.11 bits per heavy atom. The third-order valence-corrected chi connectivity index (χ3v) is 4.32. The van der Waals surface area contributed by atoms with Crippen molar-refractivity contribution >= 4 is 29.2 Å². The minimum absolute atomic E-state index is 0.0178. The van der Waals surface area contributed by atoms with Crippen LogP contribution in [0, 0.1) is 16.0 Å². The summed E-state index contributed by atoms with van der Waals surface area (Å²) in [7, 11) is 1.27. The van der Waals surface area contributed by atoms with Gasteiger partial charge in [0.1, 0.15) is 5.75 Å². The quantitative estimate of drug-likeness (QED) is 0.336. The monoisotopic (exact) mass is 384 g/mol. The first-order valence-electron chi connectivity index (χ1n) is 8.34. The molecule has 0 aliphatic carbocycles. The van der Waals surface area contributed by atoms with Crippen molar-refractivity contribution in [2.24, 2.45) is 5.92 Å². The van der Waals surface area contributed by atoms with Gasteiger partial charge in [-0.1, -0.05) is 0 Å². The summed E-state index contributed by atoms with van der Waals surface area (Å²) in [6, 6.07) is 11.4. The Hall–Kier alpha value is -3.75. The summed E-state index contributed by atoms with van der Waals surface area (Å²) in [5, 5.41) is 10.7. The Morgan fingerprint density at radius 3 is 2.32 bits per heavy atom. The minimum atomic E-state index is -0.664. The molecule has 9 heteroatoms. The van der Waals surface area contributed by atoms with Crippen LogP contribution in [0.2, 0.25) is 0 Å². The van der Waals surface area contributed by atoms with Gasteiger partial charge in [-0.3, -0.25) is 19.7 Å². The van der Waals surface area contributed by atoms with Crippen molar-refractivity contribution < 1.29 is 28.8 Å². The molecule has 1 aliphatic rings. The standard InChI is InChI=1S/C19H16N2O7/c1-27-18(23)12-2-8-16(9-3-12)28-19(24)13-10-17(22)20(11-13)14-4-6-15(7-5-14)21(25)26/h2-9,13H,10-11H2,1H3/t13-/m1/s1. The molecule has 144 valence electrons. The molecule has 0 radical (unpaired) electrons. The van der Waals surface area contributed by atoms with Crippen LogP contribution in [-0.4, -0.2) is 36.4 Å². The summed E-state index contributed by atoms with van der Waals surface area (Å²) >= 11 is 0. The van der Waals surface area contributed by atoms with Gasteiger partial charge in [-0.2, -0.15) is 0 Å². The van der Waals surface area contributed by atoms with E-state index in [4.69, 9.17) is 4.74 Å². The molecule has 1 atom stereocenters. The second-order valence-corrected chi connectivity index (χ2v) is 6.12. The van der Waals surface area contributed by atoms with Crippen LogP contribution in [0.25, 0.3) is 0 Å². The molecule has 1 amide bonds. The smallest absolute Gasteiger partial charge is 0.337 e. The summed E-state index contributed by atoms with van der Waals surface area (Å²) in [6.07, 6.45) is -0.0178. The first kappa shape index (κ1) is 19.0. The van der Waals surface area contributed by atoms with E-state index in [1.54, 1.807) is 0 Å². The largest absolute Gasteiger partial charge is 0.465 e. The number of anilines is 1. The highest BCUT2D eigenvalue weighted by molar-refractivity contribution is 5.99. The van der Waals surface area contributed by atoms with Crippen LogP contribution in [-0.2, 0) is 14.3 Å². The van der Waals surface area contributed by atoms with Crippen LogP contribution in [0.3, 0.4) is 0 Å². The number of rotatable bonds is 5. The van der Waals surface area contributed by atoms with Gasteiger partial charge in [0, 0.05) is 30.8 Å². The summed E-state index contributed by atoms with van der Waals surface area (Å²) in [5.74, 6) is -1.75. The lowest BCUT2D eigenvalue weighted by molar-refractivity contribution is -0.384. The second kappa shape index (κ2) is 7.87. The zero-order valence-corrected chi connectivity index (χ0v) is 14.9. The molecular formula is C19H16N2O7. The highest BCUT2D eigenvalue weighted by atomic mass is 16.6. The maximum Gasteiger partial charge on any atom is 0.337 e.